The molecule has 0 aromatic heterocycles. The fraction of sp³-hybridized carbons (Fsp3) is 0.364. The van der Waals surface area contributed by atoms with Crippen molar-refractivity contribution in [2.75, 3.05) is 26.2 Å². The van der Waals surface area contributed by atoms with Gasteiger partial charge in [0, 0.05) is 38.3 Å². The van der Waals surface area contributed by atoms with Crippen LogP contribution in [0.4, 0.5) is 13.2 Å². The highest BCUT2D eigenvalue weighted by molar-refractivity contribution is 5.94. The highest BCUT2D eigenvalue weighted by Crippen LogP contribution is 2.17. The van der Waals surface area contributed by atoms with Gasteiger partial charge in [0.25, 0.3) is 5.91 Å². The molecule has 0 radical (unpaired) electrons. The van der Waals surface area contributed by atoms with Gasteiger partial charge in [0.2, 0.25) is 0 Å². The molecule has 1 fully saturated rings. The van der Waals surface area contributed by atoms with Crippen molar-refractivity contribution in [2.24, 2.45) is 0 Å². The van der Waals surface area contributed by atoms with Crippen LogP contribution in [0, 0.1) is 17.5 Å². The molecule has 0 spiro atoms. The monoisotopic (exact) mass is 244 g/mol. The topological polar surface area (TPSA) is 32.3 Å². The number of hydrogen-bond donors (Lipinski definition) is 1. The van der Waals surface area contributed by atoms with Gasteiger partial charge >= 0.3 is 0 Å². The summed E-state index contributed by atoms with van der Waals surface area (Å²) >= 11 is 0. The predicted molar refractivity (Wildman–Crippen MR) is 55.1 cm³/mol. The number of carbonyl (C=O) groups excluding carboxylic acids is 1. The van der Waals surface area contributed by atoms with E-state index in [0.29, 0.717) is 38.3 Å². The van der Waals surface area contributed by atoms with Crippen LogP contribution in [0.1, 0.15) is 10.4 Å². The molecule has 2 rings (SSSR count). The van der Waals surface area contributed by atoms with Crippen LogP contribution in [0.15, 0.2) is 12.1 Å². The molecule has 3 nitrogen and oxygen atoms in total. The van der Waals surface area contributed by atoms with E-state index in [9.17, 15) is 18.0 Å². The number of nitrogens with zero attached hydrogens (tertiary/aromatic N) is 1. The molecule has 0 unspecified atom stereocenters. The minimum atomic E-state index is -1.16. The molecule has 1 heterocycles. The Hall–Kier alpha value is -1.56. The van der Waals surface area contributed by atoms with Crippen LogP contribution in [0.2, 0.25) is 0 Å². The maximum atomic E-state index is 13.4. The largest absolute Gasteiger partial charge is 0.336 e. The van der Waals surface area contributed by atoms with E-state index in [1.165, 1.54) is 4.90 Å². The maximum Gasteiger partial charge on any atom is 0.259 e. The summed E-state index contributed by atoms with van der Waals surface area (Å²) in [6, 6.07) is 1.02. The first kappa shape index (κ1) is 11.9. The van der Waals surface area contributed by atoms with Crippen LogP contribution in [0.3, 0.4) is 0 Å². The third kappa shape index (κ3) is 2.41. The molecule has 92 valence electrons. The van der Waals surface area contributed by atoms with Crippen LogP contribution in [0.5, 0.6) is 0 Å². The quantitative estimate of drug-likeness (QED) is 0.803. The Morgan fingerprint density at radius 1 is 1.12 bits per heavy atom. The lowest BCUT2D eigenvalue weighted by atomic mass is 10.1. The zero-order chi connectivity index (χ0) is 12.4. The summed E-state index contributed by atoms with van der Waals surface area (Å²) < 4.78 is 39.4. The molecule has 6 heteroatoms. The van der Waals surface area contributed by atoms with Crippen LogP contribution < -0.4 is 5.32 Å². The minimum Gasteiger partial charge on any atom is -0.336 e. The number of carbonyl (C=O) groups is 1. The molecule has 1 aromatic carbocycles. The van der Waals surface area contributed by atoms with E-state index in [1.54, 1.807) is 0 Å². The lowest BCUT2D eigenvalue weighted by Gasteiger charge is -2.27. The van der Waals surface area contributed by atoms with Crippen molar-refractivity contribution in [1.82, 2.24) is 10.2 Å². The minimum absolute atomic E-state index is 0.384. The Labute approximate surface area is 96.2 Å². The molecule has 1 saturated heterocycles. The molecule has 1 aromatic rings. The normalized spacial score (nSPS) is 16.1. The van der Waals surface area contributed by atoms with E-state index in [2.05, 4.69) is 5.32 Å². The van der Waals surface area contributed by atoms with Gasteiger partial charge in [0.15, 0.2) is 0 Å². The summed E-state index contributed by atoms with van der Waals surface area (Å²) in [5, 5.41) is 3.02. The van der Waals surface area contributed by atoms with Crippen LogP contribution in [-0.4, -0.2) is 37.0 Å². The van der Waals surface area contributed by atoms with E-state index < -0.39 is 28.9 Å². The number of rotatable bonds is 1. The van der Waals surface area contributed by atoms with E-state index in [-0.39, 0.29) is 0 Å². The summed E-state index contributed by atoms with van der Waals surface area (Å²) in [5.41, 5.74) is -0.687. The molecule has 1 aliphatic rings. The average molecular weight is 244 g/mol. The summed E-state index contributed by atoms with van der Waals surface area (Å²) in [5.74, 6) is -4.09. The van der Waals surface area contributed by atoms with Gasteiger partial charge in [0.1, 0.15) is 23.0 Å². The van der Waals surface area contributed by atoms with E-state index in [1.807, 2.05) is 0 Å². The van der Waals surface area contributed by atoms with Crippen molar-refractivity contribution < 1.29 is 18.0 Å². The second-order valence-corrected chi connectivity index (χ2v) is 3.79. The van der Waals surface area contributed by atoms with Gasteiger partial charge in [-0.15, -0.1) is 0 Å². The fourth-order valence-electron chi connectivity index (χ4n) is 1.77. The van der Waals surface area contributed by atoms with Gasteiger partial charge in [0.05, 0.1) is 0 Å². The van der Waals surface area contributed by atoms with Crippen molar-refractivity contribution in [1.29, 1.82) is 0 Å². The Bertz CT molecular complexity index is 421. The highest BCUT2D eigenvalue weighted by atomic mass is 19.1. The number of piperazine rings is 1. The molecule has 0 saturated carbocycles. The molecular weight excluding hydrogens is 233 g/mol. The molecule has 17 heavy (non-hydrogen) atoms. The second kappa shape index (κ2) is 4.75. The fourth-order valence-corrected chi connectivity index (χ4v) is 1.77. The Morgan fingerprint density at radius 3 is 2.18 bits per heavy atom. The van der Waals surface area contributed by atoms with Crippen molar-refractivity contribution in [3.05, 3.63) is 35.1 Å². The van der Waals surface area contributed by atoms with Crippen molar-refractivity contribution in [2.45, 2.75) is 0 Å². The molecule has 1 N–H and O–H groups in total. The third-order valence-corrected chi connectivity index (χ3v) is 2.62. The van der Waals surface area contributed by atoms with E-state index in [0.717, 1.165) is 0 Å². The van der Waals surface area contributed by atoms with E-state index >= 15 is 0 Å². The lowest BCUT2D eigenvalue weighted by Crippen LogP contribution is -2.46. The Morgan fingerprint density at radius 2 is 1.65 bits per heavy atom. The SMILES string of the molecule is O=C(c1c(F)cc(F)cc1F)N1CCNCC1. The number of nitrogens with one attached hydrogen (secondary N) is 1. The number of hydrogen-bond acceptors (Lipinski definition) is 2. The third-order valence-electron chi connectivity index (χ3n) is 2.62. The Kier molecular flexibility index (Phi) is 3.33. The molecule has 0 aliphatic carbocycles. The zero-order valence-corrected chi connectivity index (χ0v) is 8.97. The number of halogens is 3. The molecule has 1 amide bonds. The Balaban J connectivity index is 2.30. The van der Waals surface area contributed by atoms with Gasteiger partial charge in [-0.1, -0.05) is 0 Å². The highest BCUT2D eigenvalue weighted by Gasteiger charge is 2.24. The van der Waals surface area contributed by atoms with Gasteiger partial charge < -0.3 is 10.2 Å². The van der Waals surface area contributed by atoms with Gasteiger partial charge in [-0.2, -0.15) is 0 Å². The van der Waals surface area contributed by atoms with Crippen LogP contribution >= 0.6 is 0 Å². The maximum absolute atomic E-state index is 13.4. The van der Waals surface area contributed by atoms with Gasteiger partial charge in [-0.25, -0.2) is 13.2 Å². The first-order valence-electron chi connectivity index (χ1n) is 5.24. The number of benzene rings is 1. The van der Waals surface area contributed by atoms with Gasteiger partial charge in [-0.3, -0.25) is 4.79 Å². The summed E-state index contributed by atoms with van der Waals surface area (Å²) in [4.78, 5) is 13.2. The lowest BCUT2D eigenvalue weighted by molar-refractivity contribution is 0.0725. The smallest absolute Gasteiger partial charge is 0.259 e. The standard InChI is InChI=1S/C11H11F3N2O/c12-7-5-8(13)10(9(14)6-7)11(17)16-3-1-15-2-4-16/h5-6,15H,1-4H2. The molecule has 0 atom stereocenters. The van der Waals surface area contributed by atoms with Gasteiger partial charge in [-0.05, 0) is 0 Å². The van der Waals surface area contributed by atoms with Crippen LogP contribution in [0.25, 0.3) is 0 Å². The summed E-state index contributed by atoms with van der Waals surface area (Å²) in [6.07, 6.45) is 0. The molecule has 1 aliphatic heterocycles. The number of amides is 1. The average Bonchev–Trinajstić information content (AvgIpc) is 2.28. The zero-order valence-electron chi connectivity index (χ0n) is 8.97. The predicted octanol–water partition coefficient (Wildman–Crippen LogP) is 1.15. The molecular formula is C11H11F3N2O. The first-order chi connectivity index (χ1) is 8.09. The molecule has 0 bridgehead atoms. The summed E-state index contributed by atoms with van der Waals surface area (Å²) in [6.45, 7) is 1.93. The van der Waals surface area contributed by atoms with Crippen molar-refractivity contribution >= 4 is 5.91 Å². The van der Waals surface area contributed by atoms with Crippen molar-refractivity contribution in [3.63, 3.8) is 0 Å². The van der Waals surface area contributed by atoms with Crippen LogP contribution in [-0.2, 0) is 0 Å². The van der Waals surface area contributed by atoms with Crippen molar-refractivity contribution in [3.8, 4) is 0 Å². The first-order valence-corrected chi connectivity index (χ1v) is 5.24. The van der Waals surface area contributed by atoms with E-state index in [4.69, 9.17) is 0 Å². The second-order valence-electron chi connectivity index (χ2n) is 3.79. The summed E-state index contributed by atoms with van der Waals surface area (Å²) in [7, 11) is 0.